The molecular formula is C21H20ClF3N4O. The number of nitrogens with zero attached hydrogens (tertiary/aromatic N) is 4. The molecule has 5 nitrogen and oxygen atoms in total. The molecular weight excluding hydrogens is 417 g/mol. The lowest BCUT2D eigenvalue weighted by Crippen LogP contribution is -2.42. The zero-order valence-electron chi connectivity index (χ0n) is 16.6. The molecule has 0 N–H and O–H groups in total. The molecule has 3 aromatic rings. The first-order valence-corrected chi connectivity index (χ1v) is 9.17. The van der Waals surface area contributed by atoms with Crippen molar-refractivity contribution in [1.82, 2.24) is 14.8 Å². The number of pyridine rings is 1. The van der Waals surface area contributed by atoms with Gasteiger partial charge in [0.1, 0.15) is 5.69 Å². The quantitative estimate of drug-likeness (QED) is 0.553. The van der Waals surface area contributed by atoms with E-state index >= 15 is 0 Å². The largest absolute Gasteiger partial charge is 0.416 e. The van der Waals surface area contributed by atoms with E-state index in [0.29, 0.717) is 23.5 Å². The summed E-state index contributed by atoms with van der Waals surface area (Å²) < 4.78 is 41.0. The van der Waals surface area contributed by atoms with Crippen LogP contribution in [0, 0.1) is 13.8 Å². The molecule has 1 aliphatic heterocycles. The van der Waals surface area contributed by atoms with Gasteiger partial charge in [-0.3, -0.25) is 14.5 Å². The normalized spacial score (nSPS) is 16.3. The van der Waals surface area contributed by atoms with Gasteiger partial charge in [0.25, 0.3) is 5.91 Å². The lowest BCUT2D eigenvalue weighted by atomic mass is 10.0. The van der Waals surface area contributed by atoms with Gasteiger partial charge in [0.15, 0.2) is 0 Å². The minimum absolute atomic E-state index is 0. The Bertz CT molecular complexity index is 1110. The van der Waals surface area contributed by atoms with Gasteiger partial charge >= 0.3 is 6.18 Å². The standard InChI is InChI=1S/C21H19F3N4O.ClH/c1-12-8-16(4-5-18(12)21(22,23)24)27-11-14(3)28-19(20(27)29)17(10-26-28)15-6-7-25-13(2)9-15;/h4-10,14H,11H2,1-3H3;1H/t14-;/m0./s1. The van der Waals surface area contributed by atoms with E-state index in [1.807, 2.05) is 26.0 Å². The molecule has 4 rings (SSSR count). The average molecular weight is 437 g/mol. The van der Waals surface area contributed by atoms with Gasteiger partial charge in [-0.2, -0.15) is 18.3 Å². The van der Waals surface area contributed by atoms with Gasteiger partial charge in [-0.1, -0.05) is 0 Å². The summed E-state index contributed by atoms with van der Waals surface area (Å²) in [5.74, 6) is -0.288. The van der Waals surface area contributed by atoms with E-state index in [9.17, 15) is 18.0 Å². The fraction of sp³-hybridized carbons (Fsp3) is 0.286. The van der Waals surface area contributed by atoms with Gasteiger partial charge < -0.3 is 4.90 Å². The second kappa shape index (κ2) is 7.75. The molecule has 0 fully saturated rings. The lowest BCUT2D eigenvalue weighted by molar-refractivity contribution is -0.138. The predicted octanol–water partition coefficient (Wildman–Crippen LogP) is 5.22. The highest BCUT2D eigenvalue weighted by atomic mass is 35.5. The van der Waals surface area contributed by atoms with Crippen LogP contribution in [0.5, 0.6) is 0 Å². The zero-order valence-corrected chi connectivity index (χ0v) is 17.4. The summed E-state index contributed by atoms with van der Waals surface area (Å²) in [7, 11) is 0. The molecule has 1 aliphatic rings. The van der Waals surface area contributed by atoms with Crippen molar-refractivity contribution in [3.05, 3.63) is 65.2 Å². The van der Waals surface area contributed by atoms with Gasteiger partial charge in [0.2, 0.25) is 0 Å². The maximum atomic E-state index is 13.3. The molecule has 9 heteroatoms. The van der Waals surface area contributed by atoms with Crippen LogP contribution in [0.2, 0.25) is 0 Å². The van der Waals surface area contributed by atoms with Crippen molar-refractivity contribution in [2.24, 2.45) is 0 Å². The molecule has 0 radical (unpaired) electrons. The van der Waals surface area contributed by atoms with Gasteiger partial charge in [0.05, 0.1) is 17.8 Å². The first kappa shape index (κ1) is 21.8. The van der Waals surface area contributed by atoms with Crippen LogP contribution >= 0.6 is 12.4 Å². The Labute approximate surface area is 177 Å². The fourth-order valence-corrected chi connectivity index (χ4v) is 3.74. The van der Waals surface area contributed by atoms with Gasteiger partial charge in [-0.25, -0.2) is 0 Å². The molecule has 0 saturated heterocycles. The van der Waals surface area contributed by atoms with Crippen LogP contribution in [0.4, 0.5) is 18.9 Å². The summed E-state index contributed by atoms with van der Waals surface area (Å²) in [5.41, 5.74) is 2.57. The highest BCUT2D eigenvalue weighted by molar-refractivity contribution is 6.09. The Kier molecular flexibility index (Phi) is 5.64. The Balaban J connectivity index is 0.00000256. The van der Waals surface area contributed by atoms with Crippen LogP contribution in [-0.2, 0) is 6.18 Å². The molecule has 1 aromatic carbocycles. The number of hydrogen-bond donors (Lipinski definition) is 0. The minimum Gasteiger partial charge on any atom is -0.305 e. The SMILES string of the molecule is Cc1cc(-c2cnn3c2C(=O)N(c2ccc(C(F)(F)F)c(C)c2)C[C@@H]3C)ccn1.Cl. The zero-order chi connectivity index (χ0) is 20.9. The molecule has 2 aromatic heterocycles. The maximum absolute atomic E-state index is 13.3. The fourth-order valence-electron chi connectivity index (χ4n) is 3.74. The van der Waals surface area contributed by atoms with E-state index in [2.05, 4.69) is 10.1 Å². The lowest BCUT2D eigenvalue weighted by Gasteiger charge is -2.33. The summed E-state index contributed by atoms with van der Waals surface area (Å²) >= 11 is 0. The first-order valence-electron chi connectivity index (χ1n) is 9.17. The average Bonchev–Trinajstić information content (AvgIpc) is 3.09. The number of fused-ring (bicyclic) bond motifs is 1. The summed E-state index contributed by atoms with van der Waals surface area (Å²) in [5, 5.41) is 4.39. The van der Waals surface area contributed by atoms with E-state index in [1.165, 1.54) is 24.0 Å². The van der Waals surface area contributed by atoms with Crippen LogP contribution < -0.4 is 4.90 Å². The van der Waals surface area contributed by atoms with Crippen molar-refractivity contribution in [1.29, 1.82) is 0 Å². The van der Waals surface area contributed by atoms with Crippen molar-refractivity contribution in [2.75, 3.05) is 11.4 Å². The molecule has 0 spiro atoms. The molecule has 3 heterocycles. The summed E-state index contributed by atoms with van der Waals surface area (Å²) in [6.07, 6.45) is -1.10. The van der Waals surface area contributed by atoms with E-state index in [1.54, 1.807) is 17.1 Å². The molecule has 0 unspecified atom stereocenters. The van der Waals surface area contributed by atoms with Crippen LogP contribution in [-0.4, -0.2) is 27.2 Å². The number of carbonyl (C=O) groups is 1. The molecule has 0 bridgehead atoms. The first-order chi connectivity index (χ1) is 13.7. The van der Waals surface area contributed by atoms with E-state index in [0.717, 1.165) is 17.3 Å². The predicted molar refractivity (Wildman–Crippen MR) is 110 cm³/mol. The number of amides is 1. The third-order valence-electron chi connectivity index (χ3n) is 5.14. The Morgan fingerprint density at radius 2 is 1.87 bits per heavy atom. The molecule has 30 heavy (non-hydrogen) atoms. The molecule has 158 valence electrons. The number of aromatic nitrogens is 3. The molecule has 1 atom stereocenters. The monoisotopic (exact) mass is 436 g/mol. The number of aryl methyl sites for hydroxylation is 2. The topological polar surface area (TPSA) is 51.0 Å². The number of halogens is 4. The number of alkyl halides is 3. The van der Waals surface area contributed by atoms with Crippen molar-refractivity contribution in [3.63, 3.8) is 0 Å². The molecule has 0 saturated carbocycles. The van der Waals surface area contributed by atoms with Crippen molar-refractivity contribution < 1.29 is 18.0 Å². The number of carbonyl (C=O) groups excluding carboxylic acids is 1. The van der Waals surface area contributed by atoms with Crippen molar-refractivity contribution in [2.45, 2.75) is 33.0 Å². The summed E-state index contributed by atoms with van der Waals surface area (Å²) in [4.78, 5) is 19.0. The van der Waals surface area contributed by atoms with Gasteiger partial charge in [-0.05, 0) is 62.2 Å². The van der Waals surface area contributed by atoms with E-state index < -0.39 is 11.7 Å². The summed E-state index contributed by atoms with van der Waals surface area (Å²) in [6, 6.07) is 7.35. The van der Waals surface area contributed by atoms with Crippen LogP contribution in [0.25, 0.3) is 11.1 Å². The number of benzene rings is 1. The van der Waals surface area contributed by atoms with Crippen LogP contribution in [0.15, 0.2) is 42.7 Å². The Hall–Kier alpha value is -2.87. The van der Waals surface area contributed by atoms with Crippen LogP contribution in [0.3, 0.4) is 0 Å². The van der Waals surface area contributed by atoms with Gasteiger partial charge in [-0.15, -0.1) is 12.4 Å². The highest BCUT2D eigenvalue weighted by Gasteiger charge is 2.36. The second-order valence-corrected chi connectivity index (χ2v) is 7.30. The number of rotatable bonds is 2. The number of anilines is 1. The Morgan fingerprint density at radius 1 is 1.13 bits per heavy atom. The highest BCUT2D eigenvalue weighted by Crippen LogP contribution is 2.36. The smallest absolute Gasteiger partial charge is 0.305 e. The maximum Gasteiger partial charge on any atom is 0.416 e. The minimum atomic E-state index is -4.42. The van der Waals surface area contributed by atoms with Crippen molar-refractivity contribution >= 4 is 24.0 Å². The van der Waals surface area contributed by atoms with Crippen LogP contribution in [0.1, 0.15) is 40.3 Å². The second-order valence-electron chi connectivity index (χ2n) is 7.30. The molecule has 0 aliphatic carbocycles. The Morgan fingerprint density at radius 3 is 2.50 bits per heavy atom. The van der Waals surface area contributed by atoms with E-state index in [-0.39, 0.29) is 29.9 Å². The van der Waals surface area contributed by atoms with Crippen molar-refractivity contribution in [3.8, 4) is 11.1 Å². The number of hydrogen-bond acceptors (Lipinski definition) is 3. The van der Waals surface area contributed by atoms with Gasteiger partial charge in [0, 0.05) is 29.7 Å². The third-order valence-corrected chi connectivity index (χ3v) is 5.14. The molecule has 1 amide bonds. The summed E-state index contributed by atoms with van der Waals surface area (Å²) in [6.45, 7) is 5.52. The van der Waals surface area contributed by atoms with E-state index in [4.69, 9.17) is 0 Å². The third kappa shape index (κ3) is 3.67.